The van der Waals surface area contributed by atoms with E-state index in [9.17, 15) is 4.79 Å². The summed E-state index contributed by atoms with van der Waals surface area (Å²) in [4.78, 5) is 26.4. The number of aromatic nitrogens is 2. The van der Waals surface area contributed by atoms with Crippen LogP contribution in [-0.4, -0.2) is 29.0 Å². The molecular weight excluding hydrogens is 348 g/mol. The van der Waals surface area contributed by atoms with Gasteiger partial charge in [-0.05, 0) is 49.4 Å². The number of para-hydroxylation sites is 2. The Kier molecular flexibility index (Phi) is 4.08. The Morgan fingerprint density at radius 1 is 0.893 bits per heavy atom. The van der Waals surface area contributed by atoms with Gasteiger partial charge >= 0.3 is 0 Å². The monoisotopic (exact) mass is 370 g/mol. The Morgan fingerprint density at radius 3 is 2.43 bits per heavy atom. The summed E-state index contributed by atoms with van der Waals surface area (Å²) in [6.45, 7) is 3.45. The topological polar surface area (TPSA) is 49.3 Å². The van der Waals surface area contributed by atoms with Crippen molar-refractivity contribution in [1.29, 1.82) is 0 Å². The highest BCUT2D eigenvalue weighted by Crippen LogP contribution is 2.33. The minimum Gasteiger partial charge on any atom is -0.326 e. The molecule has 0 aliphatic carbocycles. The number of nitrogens with zero attached hydrogens (tertiary/aromatic N) is 4. The van der Waals surface area contributed by atoms with Crippen molar-refractivity contribution in [2.24, 2.45) is 0 Å². The van der Waals surface area contributed by atoms with E-state index in [1.807, 2.05) is 36.1 Å². The lowest BCUT2D eigenvalue weighted by Gasteiger charge is -2.30. The summed E-state index contributed by atoms with van der Waals surface area (Å²) in [6.07, 6.45) is 3.04. The summed E-state index contributed by atoms with van der Waals surface area (Å²) < 4.78 is 0. The van der Waals surface area contributed by atoms with Gasteiger partial charge in [0.2, 0.25) is 0 Å². The van der Waals surface area contributed by atoms with Crippen molar-refractivity contribution >= 4 is 23.1 Å². The first kappa shape index (κ1) is 16.9. The van der Waals surface area contributed by atoms with Crippen molar-refractivity contribution in [3.8, 4) is 0 Å². The molecule has 0 unspecified atom stereocenters. The number of fused-ring (bicyclic) bond motifs is 2. The van der Waals surface area contributed by atoms with E-state index < -0.39 is 0 Å². The van der Waals surface area contributed by atoms with E-state index in [2.05, 4.69) is 45.2 Å². The third kappa shape index (κ3) is 2.83. The highest BCUT2D eigenvalue weighted by Gasteiger charge is 2.27. The molecule has 28 heavy (non-hydrogen) atoms. The molecule has 0 spiro atoms. The van der Waals surface area contributed by atoms with Crippen molar-refractivity contribution in [3.05, 3.63) is 77.2 Å². The number of carbonyl (C=O) groups is 1. The molecule has 3 heterocycles. The van der Waals surface area contributed by atoms with Crippen molar-refractivity contribution < 1.29 is 4.79 Å². The minimum atomic E-state index is -0.0537. The number of anilines is 3. The summed E-state index contributed by atoms with van der Waals surface area (Å²) in [5.74, 6) is 1.37. The summed E-state index contributed by atoms with van der Waals surface area (Å²) in [7, 11) is 0. The molecule has 0 fully saturated rings. The van der Waals surface area contributed by atoms with Crippen molar-refractivity contribution in [1.82, 2.24) is 9.97 Å². The lowest BCUT2D eigenvalue weighted by molar-refractivity contribution is 0.0984. The van der Waals surface area contributed by atoms with Crippen LogP contribution in [0.25, 0.3) is 0 Å². The van der Waals surface area contributed by atoms with Crippen LogP contribution >= 0.6 is 0 Å². The van der Waals surface area contributed by atoms with E-state index >= 15 is 0 Å². The number of aryl methyl sites for hydroxylation is 2. The van der Waals surface area contributed by atoms with Crippen molar-refractivity contribution in [3.63, 3.8) is 0 Å². The van der Waals surface area contributed by atoms with Gasteiger partial charge in [-0.2, -0.15) is 0 Å². The van der Waals surface area contributed by atoms with Crippen molar-refractivity contribution in [2.75, 3.05) is 22.9 Å². The van der Waals surface area contributed by atoms with E-state index in [0.29, 0.717) is 18.1 Å². The highest BCUT2D eigenvalue weighted by molar-refractivity contribution is 6.06. The Labute approximate surface area is 164 Å². The van der Waals surface area contributed by atoms with Gasteiger partial charge in [0, 0.05) is 30.5 Å². The molecule has 5 heteroatoms. The van der Waals surface area contributed by atoms with Gasteiger partial charge in [0.1, 0.15) is 17.3 Å². The van der Waals surface area contributed by atoms with Gasteiger partial charge in [-0.1, -0.05) is 36.4 Å². The zero-order valence-corrected chi connectivity index (χ0v) is 15.9. The van der Waals surface area contributed by atoms with E-state index in [4.69, 9.17) is 0 Å². The maximum absolute atomic E-state index is 13.3. The predicted molar refractivity (Wildman–Crippen MR) is 110 cm³/mol. The van der Waals surface area contributed by atoms with Crippen LogP contribution in [0.4, 0.5) is 17.2 Å². The second kappa shape index (κ2) is 6.75. The molecule has 0 atom stereocenters. The molecule has 3 aromatic rings. The lowest BCUT2D eigenvalue weighted by Crippen LogP contribution is -2.31. The average molecular weight is 370 g/mol. The van der Waals surface area contributed by atoms with Crippen LogP contribution in [0.3, 0.4) is 0 Å². The third-order valence-electron chi connectivity index (χ3n) is 5.56. The molecule has 2 aliphatic rings. The third-order valence-corrected chi connectivity index (χ3v) is 5.56. The van der Waals surface area contributed by atoms with E-state index in [1.165, 1.54) is 16.8 Å². The first-order chi connectivity index (χ1) is 13.7. The van der Waals surface area contributed by atoms with Crippen LogP contribution < -0.4 is 9.80 Å². The van der Waals surface area contributed by atoms with Gasteiger partial charge in [-0.25, -0.2) is 9.97 Å². The van der Waals surface area contributed by atoms with Crippen molar-refractivity contribution in [2.45, 2.75) is 26.2 Å². The molecule has 0 saturated carbocycles. The molecule has 140 valence electrons. The molecule has 0 N–H and O–H groups in total. The summed E-state index contributed by atoms with van der Waals surface area (Å²) in [6, 6.07) is 18.4. The fraction of sp³-hybridized carbons (Fsp3) is 0.261. The van der Waals surface area contributed by atoms with Gasteiger partial charge in [0.05, 0.1) is 0 Å². The number of rotatable bonds is 2. The van der Waals surface area contributed by atoms with Gasteiger partial charge in [0.25, 0.3) is 5.91 Å². The second-order valence-electron chi connectivity index (χ2n) is 7.38. The first-order valence-corrected chi connectivity index (χ1v) is 9.81. The molecule has 0 bridgehead atoms. The number of amides is 1. The van der Waals surface area contributed by atoms with Gasteiger partial charge < -0.3 is 9.80 Å². The van der Waals surface area contributed by atoms with Crippen LogP contribution in [0.2, 0.25) is 0 Å². The smallest absolute Gasteiger partial charge is 0.277 e. The standard InChI is InChI=1S/C23H22N4O/c1-16-24-19(23(28)27-14-12-18-8-3-5-11-21(18)27)15-22(25-16)26-13-6-9-17-7-2-4-10-20(17)26/h2-5,7-8,10-11,15H,6,9,12-14H2,1H3. The second-order valence-corrected chi connectivity index (χ2v) is 7.38. The molecule has 0 saturated heterocycles. The molecule has 0 radical (unpaired) electrons. The Bertz CT molecular complexity index is 1060. The Morgan fingerprint density at radius 2 is 1.61 bits per heavy atom. The largest absolute Gasteiger partial charge is 0.326 e. The molecule has 5 nitrogen and oxygen atoms in total. The van der Waals surface area contributed by atoms with Gasteiger partial charge in [0.15, 0.2) is 0 Å². The van der Waals surface area contributed by atoms with Crippen LogP contribution in [0.1, 0.15) is 33.9 Å². The average Bonchev–Trinajstić information content (AvgIpc) is 3.16. The van der Waals surface area contributed by atoms with Crippen LogP contribution in [0.15, 0.2) is 54.6 Å². The summed E-state index contributed by atoms with van der Waals surface area (Å²) in [5, 5.41) is 0. The molecule has 5 rings (SSSR count). The van der Waals surface area contributed by atoms with Crippen LogP contribution in [0, 0.1) is 6.92 Å². The Balaban J connectivity index is 1.52. The maximum Gasteiger partial charge on any atom is 0.277 e. The zero-order valence-electron chi connectivity index (χ0n) is 15.9. The number of hydrogen-bond acceptors (Lipinski definition) is 4. The highest BCUT2D eigenvalue weighted by atomic mass is 16.2. The fourth-order valence-corrected chi connectivity index (χ4v) is 4.26. The fourth-order valence-electron chi connectivity index (χ4n) is 4.26. The molecule has 1 amide bonds. The summed E-state index contributed by atoms with van der Waals surface area (Å²) >= 11 is 0. The van der Waals surface area contributed by atoms with Gasteiger partial charge in [-0.3, -0.25) is 4.79 Å². The normalized spacial score (nSPS) is 15.3. The minimum absolute atomic E-state index is 0.0537. The molecule has 2 aromatic carbocycles. The lowest BCUT2D eigenvalue weighted by atomic mass is 10.0. The van der Waals surface area contributed by atoms with E-state index in [1.54, 1.807) is 0 Å². The SMILES string of the molecule is Cc1nc(C(=O)N2CCc3ccccc32)cc(N2CCCc3ccccc32)n1. The quantitative estimate of drug-likeness (QED) is 0.682. The van der Waals surface area contributed by atoms with Crippen LogP contribution in [-0.2, 0) is 12.8 Å². The predicted octanol–water partition coefficient (Wildman–Crippen LogP) is 4.07. The molecule has 1 aromatic heterocycles. The number of hydrogen-bond donors (Lipinski definition) is 0. The summed E-state index contributed by atoms with van der Waals surface area (Å²) in [5.41, 5.74) is 5.17. The maximum atomic E-state index is 13.3. The molecular formula is C23H22N4O. The van der Waals surface area contributed by atoms with Crippen LogP contribution in [0.5, 0.6) is 0 Å². The molecule has 2 aliphatic heterocycles. The zero-order chi connectivity index (χ0) is 19.1. The number of benzene rings is 2. The Hall–Kier alpha value is -3.21. The van der Waals surface area contributed by atoms with Gasteiger partial charge in [-0.15, -0.1) is 0 Å². The van der Waals surface area contributed by atoms with E-state index in [-0.39, 0.29) is 5.91 Å². The van der Waals surface area contributed by atoms with E-state index in [0.717, 1.165) is 37.3 Å². The first-order valence-electron chi connectivity index (χ1n) is 9.81. The number of carbonyl (C=O) groups excluding carboxylic acids is 1.